The molecule has 0 aliphatic rings. The van der Waals surface area contributed by atoms with Crippen molar-refractivity contribution in [1.82, 2.24) is 5.32 Å². The first-order chi connectivity index (χ1) is 7.56. The molecule has 3 N–H and O–H groups in total. The Morgan fingerprint density at radius 1 is 1.41 bits per heavy atom. The minimum atomic E-state index is -0.863. The standard InChI is InChI=1S/C11H14F2N2O.ClH/c1-7(5-14)6-15-11(16)10-8(12)3-2-4-9(10)13;/h2-4,7H,5-6,14H2,1H3,(H,15,16);1H. The molecule has 1 rings (SSSR count). The van der Waals surface area contributed by atoms with Crippen molar-refractivity contribution in [3.05, 3.63) is 35.4 Å². The normalized spacial score (nSPS) is 11.5. The molecule has 1 atom stereocenters. The van der Waals surface area contributed by atoms with Gasteiger partial charge in [0.15, 0.2) is 0 Å². The number of carbonyl (C=O) groups excluding carboxylic acids is 1. The van der Waals surface area contributed by atoms with Crippen LogP contribution in [0.4, 0.5) is 8.78 Å². The van der Waals surface area contributed by atoms with E-state index in [4.69, 9.17) is 5.73 Å². The molecule has 17 heavy (non-hydrogen) atoms. The molecule has 0 spiro atoms. The van der Waals surface area contributed by atoms with E-state index < -0.39 is 23.1 Å². The fourth-order valence-corrected chi connectivity index (χ4v) is 1.15. The van der Waals surface area contributed by atoms with Crippen LogP contribution in [0, 0.1) is 17.6 Å². The van der Waals surface area contributed by atoms with Gasteiger partial charge >= 0.3 is 0 Å². The minimum Gasteiger partial charge on any atom is -0.352 e. The molecule has 3 nitrogen and oxygen atoms in total. The zero-order valence-corrected chi connectivity index (χ0v) is 10.2. The van der Waals surface area contributed by atoms with Gasteiger partial charge in [0, 0.05) is 6.54 Å². The number of hydrogen-bond acceptors (Lipinski definition) is 2. The molecule has 0 fully saturated rings. The zero-order chi connectivity index (χ0) is 12.1. The number of nitrogens with one attached hydrogen (secondary N) is 1. The SMILES string of the molecule is CC(CN)CNC(=O)c1c(F)cccc1F.Cl. The van der Waals surface area contributed by atoms with Gasteiger partial charge in [-0.3, -0.25) is 4.79 Å². The van der Waals surface area contributed by atoms with Crippen molar-refractivity contribution in [2.75, 3.05) is 13.1 Å². The van der Waals surface area contributed by atoms with Crippen molar-refractivity contribution in [1.29, 1.82) is 0 Å². The summed E-state index contributed by atoms with van der Waals surface area (Å²) in [6, 6.07) is 3.30. The number of halogens is 3. The maximum absolute atomic E-state index is 13.2. The third-order valence-corrected chi connectivity index (χ3v) is 2.20. The van der Waals surface area contributed by atoms with Crippen LogP contribution < -0.4 is 11.1 Å². The first kappa shape index (κ1) is 15.8. The van der Waals surface area contributed by atoms with Gasteiger partial charge in [0.1, 0.15) is 17.2 Å². The Balaban J connectivity index is 0.00000256. The summed E-state index contributed by atoms with van der Waals surface area (Å²) in [4.78, 5) is 11.5. The second-order valence-electron chi connectivity index (χ2n) is 3.65. The third-order valence-electron chi connectivity index (χ3n) is 2.20. The molecule has 1 unspecified atom stereocenters. The number of hydrogen-bond donors (Lipinski definition) is 2. The topological polar surface area (TPSA) is 55.1 Å². The summed E-state index contributed by atoms with van der Waals surface area (Å²) < 4.78 is 26.4. The molecule has 0 saturated heterocycles. The van der Waals surface area contributed by atoms with Crippen LogP contribution in [0.3, 0.4) is 0 Å². The van der Waals surface area contributed by atoms with Crippen molar-refractivity contribution >= 4 is 18.3 Å². The maximum atomic E-state index is 13.2. The van der Waals surface area contributed by atoms with E-state index in [1.54, 1.807) is 0 Å². The minimum absolute atomic E-state index is 0. The summed E-state index contributed by atoms with van der Waals surface area (Å²) in [5, 5.41) is 2.43. The lowest BCUT2D eigenvalue weighted by Crippen LogP contribution is -2.32. The Kier molecular flexibility index (Phi) is 6.68. The third kappa shape index (κ3) is 4.28. The number of rotatable bonds is 4. The highest BCUT2D eigenvalue weighted by Crippen LogP contribution is 2.11. The fourth-order valence-electron chi connectivity index (χ4n) is 1.15. The van der Waals surface area contributed by atoms with Gasteiger partial charge in [-0.1, -0.05) is 13.0 Å². The average Bonchev–Trinajstić information content (AvgIpc) is 2.25. The smallest absolute Gasteiger partial charge is 0.257 e. The first-order valence-corrected chi connectivity index (χ1v) is 4.98. The number of benzene rings is 1. The summed E-state index contributed by atoms with van der Waals surface area (Å²) in [5.74, 6) is -2.41. The summed E-state index contributed by atoms with van der Waals surface area (Å²) >= 11 is 0. The Morgan fingerprint density at radius 2 is 1.94 bits per heavy atom. The molecule has 0 bridgehead atoms. The van der Waals surface area contributed by atoms with Crippen molar-refractivity contribution in [2.45, 2.75) is 6.92 Å². The number of carbonyl (C=O) groups is 1. The lowest BCUT2D eigenvalue weighted by molar-refractivity contribution is 0.0940. The van der Waals surface area contributed by atoms with Crippen LogP contribution in [0.5, 0.6) is 0 Å². The van der Waals surface area contributed by atoms with Crippen LogP contribution in [-0.4, -0.2) is 19.0 Å². The van der Waals surface area contributed by atoms with Crippen molar-refractivity contribution < 1.29 is 13.6 Å². The van der Waals surface area contributed by atoms with Crippen LogP contribution in [0.2, 0.25) is 0 Å². The fraction of sp³-hybridized carbons (Fsp3) is 0.364. The van der Waals surface area contributed by atoms with Gasteiger partial charge in [-0.25, -0.2) is 8.78 Å². The molecule has 0 radical (unpaired) electrons. The summed E-state index contributed by atoms with van der Waals surface area (Å²) in [7, 11) is 0. The molecule has 0 aliphatic carbocycles. The van der Waals surface area contributed by atoms with E-state index in [-0.39, 0.29) is 18.3 Å². The molecule has 0 aliphatic heterocycles. The number of nitrogens with two attached hydrogens (primary N) is 1. The van der Waals surface area contributed by atoms with Crippen LogP contribution in [0.25, 0.3) is 0 Å². The molecular weight excluding hydrogens is 250 g/mol. The molecular formula is C11H15ClF2N2O. The van der Waals surface area contributed by atoms with E-state index in [0.717, 1.165) is 12.1 Å². The maximum Gasteiger partial charge on any atom is 0.257 e. The highest BCUT2D eigenvalue weighted by atomic mass is 35.5. The Morgan fingerprint density at radius 3 is 2.41 bits per heavy atom. The van der Waals surface area contributed by atoms with E-state index in [2.05, 4.69) is 5.32 Å². The van der Waals surface area contributed by atoms with Gasteiger partial charge in [-0.05, 0) is 24.6 Å². The van der Waals surface area contributed by atoms with E-state index in [1.165, 1.54) is 6.07 Å². The Bertz CT molecular complexity index is 367. The van der Waals surface area contributed by atoms with Gasteiger partial charge in [-0.2, -0.15) is 0 Å². The van der Waals surface area contributed by atoms with E-state index >= 15 is 0 Å². The van der Waals surface area contributed by atoms with Gasteiger partial charge in [0.05, 0.1) is 0 Å². The molecule has 1 amide bonds. The molecule has 1 aromatic rings. The van der Waals surface area contributed by atoms with Crippen molar-refractivity contribution in [2.24, 2.45) is 11.7 Å². The Hall–Kier alpha value is -1.20. The molecule has 0 aromatic heterocycles. The monoisotopic (exact) mass is 264 g/mol. The van der Waals surface area contributed by atoms with Crippen LogP contribution in [-0.2, 0) is 0 Å². The second-order valence-corrected chi connectivity index (χ2v) is 3.65. The highest BCUT2D eigenvalue weighted by molar-refractivity contribution is 5.94. The predicted octanol–water partition coefficient (Wildman–Crippen LogP) is 1.71. The summed E-state index contributed by atoms with van der Waals surface area (Å²) in [5.41, 5.74) is 4.81. The second kappa shape index (κ2) is 7.19. The van der Waals surface area contributed by atoms with Gasteiger partial charge in [0.25, 0.3) is 5.91 Å². The Labute approximate surface area is 105 Å². The highest BCUT2D eigenvalue weighted by Gasteiger charge is 2.16. The van der Waals surface area contributed by atoms with Crippen LogP contribution in [0.15, 0.2) is 18.2 Å². The van der Waals surface area contributed by atoms with Gasteiger partial charge in [-0.15, -0.1) is 12.4 Å². The largest absolute Gasteiger partial charge is 0.352 e. The van der Waals surface area contributed by atoms with Gasteiger partial charge < -0.3 is 11.1 Å². The van der Waals surface area contributed by atoms with E-state index in [1.807, 2.05) is 6.92 Å². The first-order valence-electron chi connectivity index (χ1n) is 4.98. The lowest BCUT2D eigenvalue weighted by atomic mass is 10.1. The van der Waals surface area contributed by atoms with E-state index in [9.17, 15) is 13.6 Å². The van der Waals surface area contributed by atoms with Crippen LogP contribution >= 0.6 is 12.4 Å². The quantitative estimate of drug-likeness (QED) is 0.870. The summed E-state index contributed by atoms with van der Waals surface area (Å²) in [6.07, 6.45) is 0. The molecule has 0 saturated carbocycles. The van der Waals surface area contributed by atoms with E-state index in [0.29, 0.717) is 13.1 Å². The molecule has 0 heterocycles. The molecule has 96 valence electrons. The molecule has 6 heteroatoms. The average molecular weight is 265 g/mol. The molecule has 1 aromatic carbocycles. The van der Waals surface area contributed by atoms with Crippen molar-refractivity contribution in [3.8, 4) is 0 Å². The van der Waals surface area contributed by atoms with Crippen molar-refractivity contribution in [3.63, 3.8) is 0 Å². The predicted molar refractivity (Wildman–Crippen MR) is 64.2 cm³/mol. The number of amides is 1. The van der Waals surface area contributed by atoms with Gasteiger partial charge in [0.2, 0.25) is 0 Å². The zero-order valence-electron chi connectivity index (χ0n) is 9.37. The summed E-state index contributed by atoms with van der Waals surface area (Å²) in [6.45, 7) is 2.53. The van der Waals surface area contributed by atoms with Crippen LogP contribution in [0.1, 0.15) is 17.3 Å². The lowest BCUT2D eigenvalue weighted by Gasteiger charge is -2.10.